The van der Waals surface area contributed by atoms with E-state index >= 15 is 0 Å². The maximum absolute atomic E-state index is 12.6. The molecule has 0 unspecified atom stereocenters. The van der Waals surface area contributed by atoms with Crippen molar-refractivity contribution in [3.8, 4) is 0 Å². The van der Waals surface area contributed by atoms with Gasteiger partial charge in [-0.15, -0.1) is 0 Å². The summed E-state index contributed by atoms with van der Waals surface area (Å²) < 4.78 is 1.98. The zero-order chi connectivity index (χ0) is 18.4. The minimum absolute atomic E-state index is 0.0189. The molecule has 0 amide bonds. The fourth-order valence-corrected chi connectivity index (χ4v) is 4.45. The molecule has 136 valence electrons. The fourth-order valence-electron chi connectivity index (χ4n) is 4.45. The van der Waals surface area contributed by atoms with Gasteiger partial charge in [0, 0.05) is 24.5 Å². The smallest absolute Gasteiger partial charge is 0.253 e. The second-order valence-electron chi connectivity index (χ2n) is 7.56. The highest BCUT2D eigenvalue weighted by Crippen LogP contribution is 2.41. The van der Waals surface area contributed by atoms with Crippen molar-refractivity contribution in [3.63, 3.8) is 0 Å². The second kappa shape index (κ2) is 6.34. The number of aryl methyl sites for hydroxylation is 3. The first-order chi connectivity index (χ1) is 12.4. The third kappa shape index (κ3) is 2.83. The second-order valence-corrected chi connectivity index (χ2v) is 7.56. The Kier molecular flexibility index (Phi) is 4.13. The summed E-state index contributed by atoms with van der Waals surface area (Å²) in [5.74, 6) is 0.835. The highest BCUT2D eigenvalue weighted by atomic mass is 16.1. The van der Waals surface area contributed by atoms with Crippen molar-refractivity contribution >= 4 is 11.2 Å². The van der Waals surface area contributed by atoms with Crippen molar-refractivity contribution in [1.29, 1.82) is 0 Å². The van der Waals surface area contributed by atoms with Gasteiger partial charge in [-0.05, 0) is 69.9 Å². The molecule has 26 heavy (non-hydrogen) atoms. The number of H-pyrrole nitrogens is 1. The molecule has 6 nitrogen and oxygen atoms in total. The Hall–Kier alpha value is -2.50. The molecule has 6 heteroatoms. The van der Waals surface area contributed by atoms with Crippen LogP contribution in [-0.2, 0) is 7.05 Å². The summed E-state index contributed by atoms with van der Waals surface area (Å²) >= 11 is 0. The van der Waals surface area contributed by atoms with E-state index in [1.165, 1.54) is 11.3 Å². The number of fused-ring (bicyclic) bond motifs is 1. The van der Waals surface area contributed by atoms with Crippen LogP contribution in [0.25, 0.3) is 11.2 Å². The van der Waals surface area contributed by atoms with Gasteiger partial charge in [-0.3, -0.25) is 14.5 Å². The number of nitrogens with zero attached hydrogens (tertiary/aromatic N) is 4. The fraction of sp³-hybridized carbons (Fsp3) is 0.500. The zero-order valence-corrected chi connectivity index (χ0v) is 15.8. The van der Waals surface area contributed by atoms with Crippen LogP contribution in [-0.4, -0.2) is 24.7 Å². The Labute approximate surface area is 152 Å². The van der Waals surface area contributed by atoms with Crippen LogP contribution >= 0.6 is 0 Å². The molecule has 0 radical (unpaired) electrons. The number of hydrogen-bond donors (Lipinski definition) is 1. The van der Waals surface area contributed by atoms with Crippen LogP contribution < -0.4 is 5.56 Å². The first kappa shape index (κ1) is 16.9. The molecule has 0 saturated heterocycles. The summed E-state index contributed by atoms with van der Waals surface area (Å²) in [6, 6.07) is 1.94. The Morgan fingerprint density at radius 3 is 2.46 bits per heavy atom. The molecule has 3 aromatic heterocycles. The number of aromatic nitrogens is 5. The maximum Gasteiger partial charge on any atom is 0.253 e. The van der Waals surface area contributed by atoms with Gasteiger partial charge in [-0.25, -0.2) is 4.98 Å². The summed E-state index contributed by atoms with van der Waals surface area (Å²) in [5.41, 5.74) is 6.80. The molecule has 0 bridgehead atoms. The molecule has 0 atom stereocenters. The Morgan fingerprint density at radius 1 is 1.12 bits per heavy atom. The van der Waals surface area contributed by atoms with Crippen LogP contribution in [0.2, 0.25) is 0 Å². The molecule has 0 aliphatic heterocycles. The monoisotopic (exact) mass is 351 g/mol. The molecule has 0 aromatic carbocycles. The zero-order valence-electron chi connectivity index (χ0n) is 15.8. The first-order valence-corrected chi connectivity index (χ1v) is 9.30. The van der Waals surface area contributed by atoms with E-state index < -0.39 is 0 Å². The molecule has 3 aromatic rings. The number of hydrogen-bond acceptors (Lipinski definition) is 4. The topological polar surface area (TPSA) is 76.5 Å². The summed E-state index contributed by atoms with van der Waals surface area (Å²) in [7, 11) is 2.01. The summed E-state index contributed by atoms with van der Waals surface area (Å²) in [5, 5.41) is 4.56. The van der Waals surface area contributed by atoms with Gasteiger partial charge in [-0.2, -0.15) is 5.10 Å². The first-order valence-electron chi connectivity index (χ1n) is 9.30. The van der Waals surface area contributed by atoms with E-state index in [0.717, 1.165) is 48.2 Å². The van der Waals surface area contributed by atoms with Gasteiger partial charge in [0.05, 0.1) is 11.4 Å². The molecule has 1 fully saturated rings. The van der Waals surface area contributed by atoms with E-state index in [9.17, 15) is 4.79 Å². The lowest BCUT2D eigenvalue weighted by Crippen LogP contribution is -2.21. The SMILES string of the molecule is Cc1cnc2cc(C3CCC(c4c(C)nn(C)c4C)CC3)c(=O)[nH]c2n1. The van der Waals surface area contributed by atoms with E-state index in [0.29, 0.717) is 17.5 Å². The molecule has 0 spiro atoms. The third-order valence-corrected chi connectivity index (χ3v) is 5.85. The van der Waals surface area contributed by atoms with Crippen molar-refractivity contribution in [1.82, 2.24) is 24.7 Å². The molecule has 1 aliphatic rings. The number of aromatic amines is 1. The van der Waals surface area contributed by atoms with Crippen molar-refractivity contribution in [2.24, 2.45) is 7.05 Å². The van der Waals surface area contributed by atoms with Gasteiger partial charge in [0.25, 0.3) is 5.56 Å². The maximum atomic E-state index is 12.6. The lowest BCUT2D eigenvalue weighted by atomic mass is 9.76. The number of pyridine rings is 1. The summed E-state index contributed by atoms with van der Waals surface area (Å²) in [6.07, 6.45) is 5.97. The van der Waals surface area contributed by atoms with E-state index in [2.05, 4.69) is 33.9 Å². The molecular formula is C20H25N5O. The van der Waals surface area contributed by atoms with Gasteiger partial charge < -0.3 is 4.98 Å². The molecule has 1 aliphatic carbocycles. The van der Waals surface area contributed by atoms with Crippen LogP contribution in [0.5, 0.6) is 0 Å². The standard InChI is InChI=1S/C20H25N5O/c1-11-10-21-17-9-16(20(26)23-19(17)22-11)14-5-7-15(8-6-14)18-12(2)24-25(4)13(18)3/h9-10,14-15H,5-8H2,1-4H3,(H,22,23,26). The van der Waals surface area contributed by atoms with Gasteiger partial charge in [-0.1, -0.05) is 0 Å². The van der Waals surface area contributed by atoms with E-state index in [-0.39, 0.29) is 5.56 Å². The Morgan fingerprint density at radius 2 is 1.81 bits per heavy atom. The van der Waals surface area contributed by atoms with E-state index in [1.54, 1.807) is 6.20 Å². The predicted octanol–water partition coefficient (Wildman–Crippen LogP) is 3.42. The van der Waals surface area contributed by atoms with Crippen LogP contribution in [0.4, 0.5) is 0 Å². The van der Waals surface area contributed by atoms with E-state index in [4.69, 9.17) is 0 Å². The summed E-state index contributed by atoms with van der Waals surface area (Å²) in [6.45, 7) is 6.13. The van der Waals surface area contributed by atoms with Crippen LogP contribution in [0.15, 0.2) is 17.1 Å². The van der Waals surface area contributed by atoms with Crippen molar-refractivity contribution in [2.75, 3.05) is 0 Å². The molecule has 3 heterocycles. The third-order valence-electron chi connectivity index (χ3n) is 5.85. The highest BCUT2D eigenvalue weighted by molar-refractivity contribution is 5.70. The van der Waals surface area contributed by atoms with Gasteiger partial charge in [0.1, 0.15) is 5.52 Å². The van der Waals surface area contributed by atoms with Gasteiger partial charge in [0.2, 0.25) is 0 Å². The van der Waals surface area contributed by atoms with Gasteiger partial charge in [0.15, 0.2) is 5.65 Å². The quantitative estimate of drug-likeness (QED) is 0.767. The average molecular weight is 351 g/mol. The lowest BCUT2D eigenvalue weighted by Gasteiger charge is -2.28. The Bertz CT molecular complexity index is 1020. The number of nitrogens with one attached hydrogen (secondary N) is 1. The van der Waals surface area contributed by atoms with Crippen LogP contribution in [0.1, 0.15) is 65.7 Å². The Balaban J connectivity index is 1.58. The average Bonchev–Trinajstić information content (AvgIpc) is 2.87. The molecular weight excluding hydrogens is 326 g/mol. The molecule has 4 rings (SSSR count). The minimum Gasteiger partial charge on any atom is -0.305 e. The largest absolute Gasteiger partial charge is 0.305 e. The van der Waals surface area contributed by atoms with Crippen LogP contribution in [0.3, 0.4) is 0 Å². The molecule has 1 saturated carbocycles. The van der Waals surface area contributed by atoms with Crippen molar-refractivity contribution < 1.29 is 0 Å². The van der Waals surface area contributed by atoms with Crippen molar-refractivity contribution in [3.05, 3.63) is 50.8 Å². The van der Waals surface area contributed by atoms with Gasteiger partial charge >= 0.3 is 0 Å². The highest BCUT2D eigenvalue weighted by Gasteiger charge is 2.28. The summed E-state index contributed by atoms with van der Waals surface area (Å²) in [4.78, 5) is 24.3. The lowest BCUT2D eigenvalue weighted by molar-refractivity contribution is 0.393. The van der Waals surface area contributed by atoms with Crippen molar-refractivity contribution in [2.45, 2.75) is 58.3 Å². The number of rotatable bonds is 2. The van der Waals surface area contributed by atoms with E-state index in [1.807, 2.05) is 24.7 Å². The minimum atomic E-state index is -0.0189. The molecule has 1 N–H and O–H groups in total. The predicted molar refractivity (Wildman–Crippen MR) is 102 cm³/mol. The normalized spacial score (nSPS) is 20.6. The van der Waals surface area contributed by atoms with Crippen LogP contribution in [0, 0.1) is 20.8 Å².